The highest BCUT2D eigenvalue weighted by Crippen LogP contribution is 2.11. The van der Waals surface area contributed by atoms with Gasteiger partial charge in [0.25, 0.3) is 0 Å². The molecule has 0 saturated carbocycles. The van der Waals surface area contributed by atoms with Crippen LogP contribution in [0.5, 0.6) is 0 Å². The molecule has 0 aromatic carbocycles. The van der Waals surface area contributed by atoms with Crippen molar-refractivity contribution in [3.8, 4) is 0 Å². The second-order valence-electron chi connectivity index (χ2n) is 3.10. The van der Waals surface area contributed by atoms with E-state index >= 15 is 0 Å². The highest BCUT2D eigenvalue weighted by atomic mass is 16.3. The summed E-state index contributed by atoms with van der Waals surface area (Å²) in [5.74, 6) is 0.746. The molecule has 0 aliphatic rings. The molecule has 2 N–H and O–H groups in total. The maximum Gasteiger partial charge on any atom is 0.129 e. The van der Waals surface area contributed by atoms with Gasteiger partial charge in [0.05, 0.1) is 18.9 Å². The molecule has 0 saturated heterocycles. The average Bonchev–Trinajstić information content (AvgIpc) is 2.29. The van der Waals surface area contributed by atoms with Crippen LogP contribution in [0.4, 0.5) is 5.82 Å². The fourth-order valence-corrected chi connectivity index (χ4v) is 1.31. The Bertz CT molecular complexity index is 315. The number of rotatable bonds is 6. The monoisotopic (exact) mass is 208 g/mol. The van der Waals surface area contributed by atoms with Crippen LogP contribution in [0.1, 0.15) is 5.69 Å². The first-order chi connectivity index (χ1) is 7.31. The fraction of sp³-hybridized carbons (Fsp3) is 0.364. The van der Waals surface area contributed by atoms with Gasteiger partial charge in [0.15, 0.2) is 0 Å². The van der Waals surface area contributed by atoms with E-state index in [1.807, 2.05) is 17.0 Å². The number of aliphatic hydroxyl groups is 2. The van der Waals surface area contributed by atoms with Gasteiger partial charge in [0, 0.05) is 13.1 Å². The predicted molar refractivity (Wildman–Crippen MR) is 59.7 cm³/mol. The second kappa shape index (κ2) is 6.16. The zero-order chi connectivity index (χ0) is 11.1. The summed E-state index contributed by atoms with van der Waals surface area (Å²) in [7, 11) is 0. The molecule has 0 aliphatic carbocycles. The minimum atomic E-state index is -0.0745. The van der Waals surface area contributed by atoms with Crippen LogP contribution in [-0.2, 0) is 6.61 Å². The van der Waals surface area contributed by atoms with E-state index in [1.165, 1.54) is 0 Å². The zero-order valence-corrected chi connectivity index (χ0v) is 8.63. The molecule has 0 radical (unpaired) electrons. The third-order valence-electron chi connectivity index (χ3n) is 2.00. The number of hydrogen-bond acceptors (Lipinski definition) is 4. The van der Waals surface area contributed by atoms with Crippen LogP contribution in [0, 0.1) is 0 Å². The molecule has 4 nitrogen and oxygen atoms in total. The Morgan fingerprint density at radius 3 is 2.80 bits per heavy atom. The summed E-state index contributed by atoms with van der Waals surface area (Å²) < 4.78 is 0. The van der Waals surface area contributed by atoms with Crippen LogP contribution in [0.3, 0.4) is 0 Å². The number of aliphatic hydroxyl groups excluding tert-OH is 2. The van der Waals surface area contributed by atoms with E-state index in [0.717, 1.165) is 5.82 Å². The Labute approximate surface area is 89.5 Å². The van der Waals surface area contributed by atoms with Crippen molar-refractivity contribution in [3.63, 3.8) is 0 Å². The molecule has 0 spiro atoms. The van der Waals surface area contributed by atoms with Crippen LogP contribution in [-0.4, -0.2) is 34.9 Å². The molecular weight excluding hydrogens is 192 g/mol. The number of hydrogen-bond donors (Lipinski definition) is 2. The predicted octanol–water partition coefficient (Wildman–Crippen LogP) is 0.559. The molecule has 0 aliphatic heterocycles. The summed E-state index contributed by atoms with van der Waals surface area (Å²) in [6.07, 6.45) is 1.75. The van der Waals surface area contributed by atoms with E-state index < -0.39 is 0 Å². The van der Waals surface area contributed by atoms with Gasteiger partial charge in [0.1, 0.15) is 5.82 Å². The molecule has 4 heteroatoms. The molecular formula is C11H16N2O2. The SMILES string of the molecule is C=CCN(CCO)c1cccc(CO)n1. The minimum absolute atomic E-state index is 0.0683. The molecule has 1 aromatic rings. The van der Waals surface area contributed by atoms with Gasteiger partial charge in [-0.15, -0.1) is 6.58 Å². The van der Waals surface area contributed by atoms with Crippen molar-refractivity contribution >= 4 is 5.82 Å². The van der Waals surface area contributed by atoms with E-state index in [9.17, 15) is 0 Å². The Morgan fingerprint density at radius 1 is 1.40 bits per heavy atom. The maximum atomic E-state index is 8.95. The van der Waals surface area contributed by atoms with E-state index in [0.29, 0.717) is 18.8 Å². The summed E-state index contributed by atoms with van der Waals surface area (Å²) >= 11 is 0. The molecule has 1 aromatic heterocycles. The van der Waals surface area contributed by atoms with Gasteiger partial charge in [-0.1, -0.05) is 12.1 Å². The maximum absolute atomic E-state index is 8.95. The highest BCUT2D eigenvalue weighted by molar-refractivity contribution is 5.39. The highest BCUT2D eigenvalue weighted by Gasteiger charge is 2.05. The van der Waals surface area contributed by atoms with E-state index in [-0.39, 0.29) is 13.2 Å². The summed E-state index contributed by atoms with van der Waals surface area (Å²) in [6.45, 7) is 4.78. The van der Waals surface area contributed by atoms with Crippen LogP contribution in [0.25, 0.3) is 0 Å². The number of nitrogens with zero attached hydrogens (tertiary/aromatic N) is 2. The van der Waals surface area contributed by atoms with E-state index in [2.05, 4.69) is 11.6 Å². The van der Waals surface area contributed by atoms with Gasteiger partial charge >= 0.3 is 0 Å². The zero-order valence-electron chi connectivity index (χ0n) is 8.63. The summed E-state index contributed by atoms with van der Waals surface area (Å²) in [5.41, 5.74) is 0.625. The van der Waals surface area contributed by atoms with E-state index in [4.69, 9.17) is 10.2 Å². The molecule has 1 rings (SSSR count). The lowest BCUT2D eigenvalue weighted by Gasteiger charge is -2.21. The van der Waals surface area contributed by atoms with Gasteiger partial charge in [-0.2, -0.15) is 0 Å². The molecule has 1 heterocycles. The summed E-state index contributed by atoms with van der Waals surface area (Å²) in [6, 6.07) is 5.44. The van der Waals surface area contributed by atoms with Gasteiger partial charge in [0.2, 0.25) is 0 Å². The van der Waals surface area contributed by atoms with Crippen molar-refractivity contribution in [1.29, 1.82) is 0 Å². The third kappa shape index (κ3) is 3.34. The Hall–Kier alpha value is -1.39. The van der Waals surface area contributed by atoms with Crippen molar-refractivity contribution < 1.29 is 10.2 Å². The summed E-state index contributed by atoms with van der Waals surface area (Å²) in [4.78, 5) is 6.14. The Balaban J connectivity index is 2.83. The molecule has 15 heavy (non-hydrogen) atoms. The molecule has 0 amide bonds. The minimum Gasteiger partial charge on any atom is -0.395 e. The Kier molecular flexibility index (Phi) is 4.80. The van der Waals surface area contributed by atoms with Crippen molar-refractivity contribution in [3.05, 3.63) is 36.5 Å². The molecule has 0 fully saturated rings. The Morgan fingerprint density at radius 2 is 2.20 bits per heavy atom. The molecule has 0 atom stereocenters. The van der Waals surface area contributed by atoms with Crippen molar-refractivity contribution in [1.82, 2.24) is 4.98 Å². The van der Waals surface area contributed by atoms with Crippen molar-refractivity contribution in [2.75, 3.05) is 24.6 Å². The lowest BCUT2D eigenvalue weighted by Crippen LogP contribution is -2.27. The first-order valence-corrected chi connectivity index (χ1v) is 4.85. The number of anilines is 1. The first kappa shape index (κ1) is 11.7. The van der Waals surface area contributed by atoms with Crippen LogP contribution in [0.15, 0.2) is 30.9 Å². The second-order valence-corrected chi connectivity index (χ2v) is 3.10. The average molecular weight is 208 g/mol. The largest absolute Gasteiger partial charge is 0.395 e. The van der Waals surface area contributed by atoms with E-state index in [1.54, 1.807) is 12.1 Å². The van der Waals surface area contributed by atoms with Crippen LogP contribution >= 0.6 is 0 Å². The summed E-state index contributed by atoms with van der Waals surface area (Å²) in [5, 5.41) is 17.9. The molecule has 0 unspecified atom stereocenters. The fourth-order valence-electron chi connectivity index (χ4n) is 1.31. The number of pyridine rings is 1. The quantitative estimate of drug-likeness (QED) is 0.671. The van der Waals surface area contributed by atoms with Gasteiger partial charge in [-0.3, -0.25) is 0 Å². The van der Waals surface area contributed by atoms with Gasteiger partial charge in [-0.05, 0) is 12.1 Å². The van der Waals surface area contributed by atoms with Crippen molar-refractivity contribution in [2.24, 2.45) is 0 Å². The lowest BCUT2D eigenvalue weighted by molar-refractivity contribution is 0.276. The van der Waals surface area contributed by atoms with Crippen LogP contribution in [0.2, 0.25) is 0 Å². The first-order valence-electron chi connectivity index (χ1n) is 4.85. The van der Waals surface area contributed by atoms with Crippen molar-refractivity contribution in [2.45, 2.75) is 6.61 Å². The lowest BCUT2D eigenvalue weighted by atomic mass is 10.3. The van der Waals surface area contributed by atoms with Crippen LogP contribution < -0.4 is 4.90 Å². The standard InChI is InChI=1S/C11H16N2O2/c1-2-6-13(7-8-14)11-5-3-4-10(9-15)12-11/h2-5,14-15H,1,6-9H2. The normalized spacial score (nSPS) is 10.0. The third-order valence-corrected chi connectivity index (χ3v) is 2.00. The topological polar surface area (TPSA) is 56.6 Å². The van der Waals surface area contributed by atoms with Gasteiger partial charge in [-0.25, -0.2) is 4.98 Å². The smallest absolute Gasteiger partial charge is 0.129 e. The molecule has 82 valence electrons. The number of aromatic nitrogens is 1. The molecule has 0 bridgehead atoms. The van der Waals surface area contributed by atoms with Gasteiger partial charge < -0.3 is 15.1 Å².